The molecule has 0 aliphatic carbocycles. The van der Waals surface area contributed by atoms with E-state index in [2.05, 4.69) is 9.97 Å². The Hall–Kier alpha value is -2.14. The fourth-order valence-corrected chi connectivity index (χ4v) is 1.88. The summed E-state index contributed by atoms with van der Waals surface area (Å²) in [5.41, 5.74) is 12.1. The molecule has 2 aromatic rings. The third-order valence-electron chi connectivity index (χ3n) is 2.43. The molecule has 0 saturated carbocycles. The van der Waals surface area contributed by atoms with Gasteiger partial charge in [0.05, 0.1) is 11.3 Å². The van der Waals surface area contributed by atoms with E-state index < -0.39 is 11.3 Å². The number of hydrogen-bond donors (Lipinski definition) is 2. The first-order valence-corrected chi connectivity index (χ1v) is 5.64. The number of anilines is 1. The second-order valence-corrected chi connectivity index (χ2v) is 4.10. The lowest BCUT2D eigenvalue weighted by atomic mass is 10.1. The van der Waals surface area contributed by atoms with Crippen molar-refractivity contribution in [3.8, 4) is 0 Å². The van der Waals surface area contributed by atoms with Crippen LogP contribution in [0.5, 0.6) is 0 Å². The zero-order valence-electron chi connectivity index (χ0n) is 9.38. The van der Waals surface area contributed by atoms with Gasteiger partial charge in [0.2, 0.25) is 5.95 Å². The lowest BCUT2D eigenvalue weighted by molar-refractivity contribution is 0.0998. The van der Waals surface area contributed by atoms with E-state index in [0.29, 0.717) is 5.69 Å². The summed E-state index contributed by atoms with van der Waals surface area (Å²) in [6.45, 7) is 0. The first-order valence-electron chi connectivity index (χ1n) is 5.21. The Kier molecular flexibility index (Phi) is 3.43. The first-order chi connectivity index (χ1) is 8.59. The minimum atomic E-state index is -0.633. The number of carbonyl (C=O) groups excluding carboxylic acids is 1. The molecular weight excluding hydrogens is 252 g/mol. The predicted octanol–water partition coefficient (Wildman–Crippen LogP) is 1.49. The number of carbonyl (C=O) groups is 1. The molecule has 1 aromatic heterocycles. The van der Waals surface area contributed by atoms with Gasteiger partial charge in [-0.1, -0.05) is 30.3 Å². The Morgan fingerprint density at radius 1 is 1.28 bits per heavy atom. The summed E-state index contributed by atoms with van der Waals surface area (Å²) in [5, 5.41) is -0.598. The molecule has 5 nitrogen and oxygen atoms in total. The number of alkyl halides is 1. The van der Waals surface area contributed by atoms with Crippen molar-refractivity contribution in [3.05, 3.63) is 53.3 Å². The highest BCUT2D eigenvalue weighted by molar-refractivity contribution is 6.23. The maximum Gasteiger partial charge on any atom is 0.252 e. The molecule has 0 saturated heterocycles. The number of nitrogens with zero attached hydrogens (tertiary/aromatic N) is 2. The molecule has 1 unspecified atom stereocenters. The molecule has 0 spiro atoms. The van der Waals surface area contributed by atoms with Crippen molar-refractivity contribution in [3.63, 3.8) is 0 Å². The summed E-state index contributed by atoms with van der Waals surface area (Å²) in [6.07, 6.45) is 1.29. The van der Waals surface area contributed by atoms with Crippen LogP contribution < -0.4 is 11.5 Å². The standard InChI is InChI=1S/C12H11ClN4O/c13-9(7-4-2-1-3-5-7)10-8(11(14)18)6-16-12(15)17-10/h1-6,9H,(H2,14,18)(H2,15,16,17). The maximum absolute atomic E-state index is 11.3. The monoisotopic (exact) mass is 262 g/mol. The fourth-order valence-electron chi connectivity index (χ4n) is 1.57. The number of rotatable bonds is 3. The predicted molar refractivity (Wildman–Crippen MR) is 69.1 cm³/mol. The second kappa shape index (κ2) is 5.01. The van der Waals surface area contributed by atoms with Crippen LogP contribution in [0.3, 0.4) is 0 Å². The van der Waals surface area contributed by atoms with Gasteiger partial charge in [-0.2, -0.15) is 0 Å². The summed E-state index contributed by atoms with van der Waals surface area (Å²) in [7, 11) is 0. The van der Waals surface area contributed by atoms with Crippen LogP contribution in [0.4, 0.5) is 5.95 Å². The minimum absolute atomic E-state index is 0.0524. The van der Waals surface area contributed by atoms with Crippen molar-refractivity contribution in [1.29, 1.82) is 0 Å². The number of halogens is 1. The highest BCUT2D eigenvalue weighted by atomic mass is 35.5. The molecule has 1 amide bonds. The summed E-state index contributed by atoms with van der Waals surface area (Å²) in [6, 6.07) is 9.23. The second-order valence-electron chi connectivity index (χ2n) is 3.66. The smallest absolute Gasteiger partial charge is 0.252 e. The minimum Gasteiger partial charge on any atom is -0.368 e. The van der Waals surface area contributed by atoms with Crippen LogP contribution in [-0.2, 0) is 0 Å². The van der Waals surface area contributed by atoms with Gasteiger partial charge in [0.1, 0.15) is 5.38 Å². The van der Waals surface area contributed by atoms with E-state index in [-0.39, 0.29) is 11.5 Å². The van der Waals surface area contributed by atoms with E-state index in [1.165, 1.54) is 6.20 Å². The summed E-state index contributed by atoms with van der Waals surface area (Å²) >= 11 is 6.30. The van der Waals surface area contributed by atoms with Crippen molar-refractivity contribution < 1.29 is 4.79 Å². The third-order valence-corrected chi connectivity index (χ3v) is 2.89. The molecule has 0 fully saturated rings. The topological polar surface area (TPSA) is 94.9 Å². The first kappa shape index (κ1) is 12.3. The van der Waals surface area contributed by atoms with Crippen LogP contribution in [0.25, 0.3) is 0 Å². The molecule has 92 valence electrons. The maximum atomic E-state index is 11.3. The Labute approximate surface area is 109 Å². The van der Waals surface area contributed by atoms with Crippen molar-refractivity contribution in [2.24, 2.45) is 5.73 Å². The van der Waals surface area contributed by atoms with Crippen LogP contribution in [0.2, 0.25) is 0 Å². The average Bonchev–Trinajstić information content (AvgIpc) is 2.38. The molecule has 1 atom stereocenters. The number of hydrogen-bond acceptors (Lipinski definition) is 4. The fraction of sp³-hybridized carbons (Fsp3) is 0.0833. The van der Waals surface area contributed by atoms with E-state index in [9.17, 15) is 4.79 Å². The van der Waals surface area contributed by atoms with Crippen molar-refractivity contribution in [2.45, 2.75) is 5.38 Å². The summed E-state index contributed by atoms with van der Waals surface area (Å²) in [4.78, 5) is 19.1. The molecule has 0 aliphatic rings. The van der Waals surface area contributed by atoms with E-state index in [1.807, 2.05) is 30.3 Å². The quantitative estimate of drug-likeness (QED) is 0.819. The zero-order chi connectivity index (χ0) is 13.1. The Balaban J connectivity index is 2.50. The van der Waals surface area contributed by atoms with Crippen LogP contribution in [0, 0.1) is 0 Å². The van der Waals surface area contributed by atoms with Gasteiger partial charge < -0.3 is 11.5 Å². The Morgan fingerprint density at radius 2 is 1.94 bits per heavy atom. The van der Waals surface area contributed by atoms with E-state index in [4.69, 9.17) is 23.1 Å². The number of primary amides is 1. The highest BCUT2D eigenvalue weighted by Crippen LogP contribution is 2.29. The molecule has 6 heteroatoms. The van der Waals surface area contributed by atoms with Crippen LogP contribution >= 0.6 is 11.6 Å². The summed E-state index contributed by atoms with van der Waals surface area (Å²) in [5.74, 6) is -0.580. The van der Waals surface area contributed by atoms with Gasteiger partial charge in [-0.3, -0.25) is 4.79 Å². The number of nitrogen functional groups attached to an aromatic ring is 1. The SMILES string of the molecule is NC(=O)c1cnc(N)nc1C(Cl)c1ccccc1. The van der Waals surface area contributed by atoms with Gasteiger partial charge in [-0.25, -0.2) is 9.97 Å². The van der Waals surface area contributed by atoms with E-state index in [0.717, 1.165) is 5.56 Å². The van der Waals surface area contributed by atoms with E-state index >= 15 is 0 Å². The molecular formula is C12H11ClN4O. The van der Waals surface area contributed by atoms with Gasteiger partial charge in [-0.05, 0) is 5.56 Å². The number of nitrogens with two attached hydrogens (primary N) is 2. The third kappa shape index (κ3) is 2.41. The molecule has 1 aromatic carbocycles. The van der Waals surface area contributed by atoms with Crippen LogP contribution in [0.1, 0.15) is 27.0 Å². The van der Waals surface area contributed by atoms with Gasteiger partial charge in [0.15, 0.2) is 0 Å². The molecule has 0 radical (unpaired) electrons. The van der Waals surface area contributed by atoms with Gasteiger partial charge in [0.25, 0.3) is 5.91 Å². The van der Waals surface area contributed by atoms with Gasteiger partial charge >= 0.3 is 0 Å². The van der Waals surface area contributed by atoms with Gasteiger partial charge in [0, 0.05) is 6.20 Å². The Bertz CT molecular complexity index is 574. The van der Waals surface area contributed by atoms with Crippen molar-refractivity contribution >= 4 is 23.5 Å². The lowest BCUT2D eigenvalue weighted by Crippen LogP contribution is -2.17. The van der Waals surface area contributed by atoms with Gasteiger partial charge in [-0.15, -0.1) is 11.6 Å². The van der Waals surface area contributed by atoms with Crippen LogP contribution in [0.15, 0.2) is 36.5 Å². The molecule has 4 N–H and O–H groups in total. The molecule has 18 heavy (non-hydrogen) atoms. The average molecular weight is 263 g/mol. The van der Waals surface area contributed by atoms with Crippen molar-refractivity contribution in [2.75, 3.05) is 5.73 Å². The number of benzene rings is 1. The van der Waals surface area contributed by atoms with Crippen LogP contribution in [-0.4, -0.2) is 15.9 Å². The molecule has 0 bridgehead atoms. The molecule has 1 heterocycles. The van der Waals surface area contributed by atoms with E-state index in [1.54, 1.807) is 0 Å². The normalized spacial score (nSPS) is 12.1. The highest BCUT2D eigenvalue weighted by Gasteiger charge is 2.20. The zero-order valence-corrected chi connectivity index (χ0v) is 10.1. The lowest BCUT2D eigenvalue weighted by Gasteiger charge is -2.12. The number of amides is 1. The molecule has 2 rings (SSSR count). The van der Waals surface area contributed by atoms with Crippen molar-refractivity contribution in [1.82, 2.24) is 9.97 Å². The number of aromatic nitrogens is 2. The molecule has 0 aliphatic heterocycles. The Morgan fingerprint density at radius 3 is 2.56 bits per heavy atom. The summed E-state index contributed by atoms with van der Waals surface area (Å²) < 4.78 is 0. The largest absolute Gasteiger partial charge is 0.368 e.